The topological polar surface area (TPSA) is 32.5 Å². The van der Waals surface area contributed by atoms with Gasteiger partial charge in [0.15, 0.2) is 0 Å². The average Bonchev–Trinajstić information content (AvgIpc) is 3.32. The fourth-order valence-corrected chi connectivity index (χ4v) is 4.11. The lowest BCUT2D eigenvalue weighted by Crippen LogP contribution is -2.48. The molecule has 0 aromatic rings. The molecule has 0 amide bonds. The van der Waals surface area contributed by atoms with E-state index in [4.69, 9.17) is 5.73 Å². The molecule has 0 spiro atoms. The highest BCUT2D eigenvalue weighted by Gasteiger charge is 2.31. The van der Waals surface area contributed by atoms with Crippen LogP contribution in [0.15, 0.2) is 0 Å². The zero-order valence-electron chi connectivity index (χ0n) is 13.2. The minimum atomic E-state index is 0.489. The summed E-state index contributed by atoms with van der Waals surface area (Å²) in [7, 11) is 0. The lowest BCUT2D eigenvalue weighted by atomic mass is 9.72. The van der Waals surface area contributed by atoms with Gasteiger partial charge < -0.3 is 15.5 Å². The molecule has 2 saturated carbocycles. The highest BCUT2D eigenvalue weighted by Crippen LogP contribution is 2.38. The summed E-state index contributed by atoms with van der Waals surface area (Å²) in [4.78, 5) is 5.38. The van der Waals surface area contributed by atoms with Crippen LogP contribution in [-0.4, -0.2) is 55.6 Å². The predicted molar refractivity (Wildman–Crippen MR) is 84.8 cm³/mol. The molecule has 116 valence electrons. The summed E-state index contributed by atoms with van der Waals surface area (Å²) >= 11 is 0. The summed E-state index contributed by atoms with van der Waals surface area (Å²) in [5, 5.41) is 0. The molecule has 1 saturated heterocycles. The molecule has 1 heterocycles. The van der Waals surface area contributed by atoms with Crippen LogP contribution in [0.5, 0.6) is 0 Å². The normalized spacial score (nSPS) is 28.6. The van der Waals surface area contributed by atoms with E-state index < -0.39 is 0 Å². The van der Waals surface area contributed by atoms with E-state index in [0.29, 0.717) is 5.41 Å². The van der Waals surface area contributed by atoms with Crippen LogP contribution in [0.3, 0.4) is 0 Å². The molecular formula is C17H33N3. The van der Waals surface area contributed by atoms with Gasteiger partial charge in [0.25, 0.3) is 0 Å². The standard InChI is InChI=1S/C17H33N3/c18-15-17(6-2-1-3-7-17)8-9-19-10-12-20(13-11-19)14-16-4-5-16/h16H,1-15,18H2. The maximum atomic E-state index is 6.11. The van der Waals surface area contributed by atoms with Gasteiger partial charge in [0.1, 0.15) is 0 Å². The zero-order chi connectivity index (χ0) is 13.8. The minimum absolute atomic E-state index is 0.489. The summed E-state index contributed by atoms with van der Waals surface area (Å²) in [6, 6.07) is 0. The summed E-state index contributed by atoms with van der Waals surface area (Å²) in [6.07, 6.45) is 11.3. The second-order valence-corrected chi connectivity index (χ2v) is 7.60. The number of hydrogen-bond donors (Lipinski definition) is 1. The third kappa shape index (κ3) is 3.96. The first-order valence-electron chi connectivity index (χ1n) is 8.94. The Bertz CT molecular complexity index is 287. The van der Waals surface area contributed by atoms with Gasteiger partial charge in [-0.15, -0.1) is 0 Å². The Morgan fingerprint density at radius 3 is 2.15 bits per heavy atom. The van der Waals surface area contributed by atoms with E-state index in [1.165, 1.54) is 90.6 Å². The van der Waals surface area contributed by atoms with Crippen molar-refractivity contribution in [1.82, 2.24) is 9.80 Å². The van der Waals surface area contributed by atoms with Gasteiger partial charge in [-0.2, -0.15) is 0 Å². The maximum absolute atomic E-state index is 6.11. The summed E-state index contributed by atoms with van der Waals surface area (Å²) in [5.41, 5.74) is 6.60. The highest BCUT2D eigenvalue weighted by molar-refractivity contribution is 4.86. The van der Waals surface area contributed by atoms with Crippen molar-refractivity contribution >= 4 is 0 Å². The van der Waals surface area contributed by atoms with Crippen molar-refractivity contribution < 1.29 is 0 Å². The molecule has 2 aliphatic carbocycles. The Hall–Kier alpha value is -0.120. The summed E-state index contributed by atoms with van der Waals surface area (Å²) in [5.74, 6) is 1.05. The van der Waals surface area contributed by atoms with Gasteiger partial charge in [0, 0.05) is 32.7 Å². The monoisotopic (exact) mass is 279 g/mol. The van der Waals surface area contributed by atoms with E-state index in [0.717, 1.165) is 12.5 Å². The first-order chi connectivity index (χ1) is 9.80. The predicted octanol–water partition coefficient (Wildman–Crippen LogP) is 2.31. The molecule has 0 radical (unpaired) electrons. The molecule has 3 nitrogen and oxygen atoms in total. The van der Waals surface area contributed by atoms with Crippen molar-refractivity contribution in [1.29, 1.82) is 0 Å². The van der Waals surface area contributed by atoms with Gasteiger partial charge in [-0.3, -0.25) is 0 Å². The Morgan fingerprint density at radius 2 is 1.55 bits per heavy atom. The van der Waals surface area contributed by atoms with E-state index in [1.807, 2.05) is 0 Å². The Labute approximate surface area is 124 Å². The van der Waals surface area contributed by atoms with Crippen molar-refractivity contribution in [3.8, 4) is 0 Å². The minimum Gasteiger partial charge on any atom is -0.330 e. The van der Waals surface area contributed by atoms with Crippen LogP contribution in [0.2, 0.25) is 0 Å². The van der Waals surface area contributed by atoms with Gasteiger partial charge >= 0.3 is 0 Å². The van der Waals surface area contributed by atoms with Crippen LogP contribution in [0.25, 0.3) is 0 Å². The quantitative estimate of drug-likeness (QED) is 0.810. The molecule has 3 rings (SSSR count). The van der Waals surface area contributed by atoms with Crippen molar-refractivity contribution in [3.63, 3.8) is 0 Å². The molecule has 3 heteroatoms. The van der Waals surface area contributed by atoms with Crippen LogP contribution >= 0.6 is 0 Å². The summed E-state index contributed by atoms with van der Waals surface area (Å²) < 4.78 is 0. The zero-order valence-corrected chi connectivity index (χ0v) is 13.2. The molecule has 0 atom stereocenters. The molecule has 0 bridgehead atoms. The first kappa shape index (κ1) is 14.8. The van der Waals surface area contributed by atoms with E-state index >= 15 is 0 Å². The fraction of sp³-hybridized carbons (Fsp3) is 1.00. The molecule has 1 aliphatic heterocycles. The Balaban J connectivity index is 1.37. The van der Waals surface area contributed by atoms with Crippen molar-refractivity contribution in [3.05, 3.63) is 0 Å². The number of hydrogen-bond acceptors (Lipinski definition) is 3. The van der Waals surface area contributed by atoms with Crippen molar-refractivity contribution in [2.75, 3.05) is 45.8 Å². The van der Waals surface area contributed by atoms with Gasteiger partial charge in [0.05, 0.1) is 0 Å². The van der Waals surface area contributed by atoms with Crippen LogP contribution in [-0.2, 0) is 0 Å². The van der Waals surface area contributed by atoms with Gasteiger partial charge in [-0.05, 0) is 56.5 Å². The Morgan fingerprint density at radius 1 is 0.900 bits per heavy atom. The lowest BCUT2D eigenvalue weighted by molar-refractivity contribution is 0.0986. The SMILES string of the molecule is NCC1(CCN2CCN(CC3CC3)CC2)CCCCC1. The smallest absolute Gasteiger partial charge is 0.0110 e. The second kappa shape index (κ2) is 6.76. The molecular weight excluding hydrogens is 246 g/mol. The second-order valence-electron chi connectivity index (χ2n) is 7.60. The lowest BCUT2D eigenvalue weighted by Gasteiger charge is -2.40. The van der Waals surface area contributed by atoms with Gasteiger partial charge in [-0.25, -0.2) is 0 Å². The molecule has 2 N–H and O–H groups in total. The third-order valence-electron chi connectivity index (χ3n) is 5.98. The van der Waals surface area contributed by atoms with Crippen LogP contribution < -0.4 is 5.73 Å². The van der Waals surface area contributed by atoms with E-state index in [2.05, 4.69) is 9.80 Å². The molecule has 0 unspecified atom stereocenters. The largest absolute Gasteiger partial charge is 0.330 e. The fourth-order valence-electron chi connectivity index (χ4n) is 4.11. The maximum Gasteiger partial charge on any atom is 0.0110 e. The van der Waals surface area contributed by atoms with Crippen molar-refractivity contribution in [2.45, 2.75) is 51.4 Å². The summed E-state index contributed by atoms with van der Waals surface area (Å²) in [6.45, 7) is 8.74. The third-order valence-corrected chi connectivity index (χ3v) is 5.98. The number of nitrogens with zero attached hydrogens (tertiary/aromatic N) is 2. The molecule has 3 fully saturated rings. The van der Waals surface area contributed by atoms with Crippen LogP contribution in [0, 0.1) is 11.3 Å². The van der Waals surface area contributed by atoms with E-state index in [9.17, 15) is 0 Å². The molecule has 20 heavy (non-hydrogen) atoms. The number of rotatable bonds is 6. The molecule has 0 aromatic carbocycles. The van der Waals surface area contributed by atoms with E-state index in [1.54, 1.807) is 0 Å². The van der Waals surface area contributed by atoms with Crippen LogP contribution in [0.1, 0.15) is 51.4 Å². The molecule has 3 aliphatic rings. The van der Waals surface area contributed by atoms with Crippen LogP contribution in [0.4, 0.5) is 0 Å². The first-order valence-corrected chi connectivity index (χ1v) is 8.94. The number of nitrogens with two attached hydrogens (primary N) is 1. The Kier molecular flexibility index (Phi) is 5.00. The van der Waals surface area contributed by atoms with Gasteiger partial charge in [0.2, 0.25) is 0 Å². The average molecular weight is 279 g/mol. The van der Waals surface area contributed by atoms with Crippen molar-refractivity contribution in [2.24, 2.45) is 17.1 Å². The molecule has 0 aromatic heterocycles. The van der Waals surface area contributed by atoms with Gasteiger partial charge in [-0.1, -0.05) is 19.3 Å². The van der Waals surface area contributed by atoms with E-state index in [-0.39, 0.29) is 0 Å². The number of piperazine rings is 1. The highest BCUT2D eigenvalue weighted by atomic mass is 15.3.